The van der Waals surface area contributed by atoms with Gasteiger partial charge in [0, 0.05) is 50.9 Å². The van der Waals surface area contributed by atoms with Crippen LogP contribution in [0.2, 0.25) is 0 Å². The molecule has 0 fully saturated rings. The fourth-order valence-corrected chi connectivity index (χ4v) is 4.99. The molecule has 3 aromatic rings. The number of anilines is 1. The number of carbonyl (C=O) groups excluding carboxylic acids is 2. The first-order valence-electron chi connectivity index (χ1n) is 12.6. The number of thiazole rings is 1. The Bertz CT molecular complexity index is 1270. The van der Waals surface area contributed by atoms with Gasteiger partial charge in [-0.1, -0.05) is 45.0 Å². The van der Waals surface area contributed by atoms with E-state index in [0.29, 0.717) is 48.7 Å². The van der Waals surface area contributed by atoms with Crippen LogP contribution in [0.5, 0.6) is 0 Å². The van der Waals surface area contributed by atoms with Crippen molar-refractivity contribution >= 4 is 28.8 Å². The predicted octanol–water partition coefficient (Wildman–Crippen LogP) is 4.00. The highest BCUT2D eigenvalue weighted by atomic mass is 32.1. The Morgan fingerprint density at radius 3 is 2.54 bits per heavy atom. The van der Waals surface area contributed by atoms with Crippen LogP contribution in [0.3, 0.4) is 0 Å². The molecule has 2 aromatic heterocycles. The standard InChI is InChI=1S/C28H37N5O3S/c1-6-32(16-17-34)24-12-14-29-18-23(24)26(36)31-27-33(15-7-13-30-20(2)35)25(19-37-27)21-8-10-22(11-9-21)28(3,4)5/h8-12,14,18-19,34H,6-7,13,15-17H2,1-5H3,(H,30,35). The van der Waals surface area contributed by atoms with Gasteiger partial charge in [0.05, 0.1) is 23.6 Å². The largest absolute Gasteiger partial charge is 0.395 e. The SMILES string of the molecule is CCN(CCO)c1ccncc1C(=O)N=c1scc(-c2ccc(C(C)(C)C)cc2)n1CCCNC(C)=O. The van der Waals surface area contributed by atoms with Crippen molar-refractivity contribution in [1.29, 1.82) is 0 Å². The van der Waals surface area contributed by atoms with Crippen molar-refractivity contribution in [3.05, 3.63) is 64.0 Å². The summed E-state index contributed by atoms with van der Waals surface area (Å²) in [4.78, 5) is 35.9. The summed E-state index contributed by atoms with van der Waals surface area (Å²) in [5.74, 6) is -0.451. The third-order valence-electron chi connectivity index (χ3n) is 6.09. The van der Waals surface area contributed by atoms with E-state index < -0.39 is 0 Å². The molecule has 0 aliphatic rings. The Balaban J connectivity index is 2.02. The lowest BCUT2D eigenvalue weighted by Crippen LogP contribution is -2.28. The average Bonchev–Trinajstić information content (AvgIpc) is 3.26. The number of rotatable bonds is 10. The molecular formula is C28H37N5O3S. The Kier molecular flexibility index (Phi) is 9.77. The highest BCUT2D eigenvalue weighted by molar-refractivity contribution is 7.07. The second-order valence-electron chi connectivity index (χ2n) is 9.83. The number of hydrogen-bond acceptors (Lipinski definition) is 6. The normalized spacial score (nSPS) is 12.0. The fourth-order valence-electron chi connectivity index (χ4n) is 4.05. The van der Waals surface area contributed by atoms with Crippen molar-refractivity contribution in [2.24, 2.45) is 4.99 Å². The van der Waals surface area contributed by atoms with E-state index in [-0.39, 0.29) is 23.8 Å². The number of aliphatic hydroxyl groups excluding tert-OH is 1. The molecule has 3 rings (SSSR count). The van der Waals surface area contributed by atoms with Crippen molar-refractivity contribution in [1.82, 2.24) is 14.9 Å². The van der Waals surface area contributed by atoms with Crippen LogP contribution in [0.25, 0.3) is 11.3 Å². The molecule has 0 bridgehead atoms. The quantitative estimate of drug-likeness (QED) is 0.392. The maximum atomic E-state index is 13.4. The second kappa shape index (κ2) is 12.8. The van der Waals surface area contributed by atoms with Gasteiger partial charge in [-0.2, -0.15) is 4.99 Å². The molecule has 1 aromatic carbocycles. The van der Waals surface area contributed by atoms with Crippen LogP contribution < -0.4 is 15.0 Å². The molecule has 0 radical (unpaired) electrons. The Morgan fingerprint density at radius 1 is 1.19 bits per heavy atom. The van der Waals surface area contributed by atoms with Gasteiger partial charge in [0.25, 0.3) is 5.91 Å². The van der Waals surface area contributed by atoms with Gasteiger partial charge >= 0.3 is 0 Å². The smallest absolute Gasteiger partial charge is 0.283 e. The minimum absolute atomic E-state index is 0.0163. The number of carbonyl (C=O) groups is 2. The van der Waals surface area contributed by atoms with E-state index in [4.69, 9.17) is 0 Å². The van der Waals surface area contributed by atoms with E-state index in [2.05, 4.69) is 60.3 Å². The number of aromatic nitrogens is 2. The highest BCUT2D eigenvalue weighted by Gasteiger charge is 2.18. The molecule has 8 nitrogen and oxygen atoms in total. The minimum atomic E-state index is -0.383. The molecule has 9 heteroatoms. The van der Waals surface area contributed by atoms with Gasteiger partial charge in [-0.3, -0.25) is 14.6 Å². The summed E-state index contributed by atoms with van der Waals surface area (Å²) in [6, 6.07) is 10.3. The van der Waals surface area contributed by atoms with Crippen LogP contribution in [-0.2, 0) is 16.8 Å². The van der Waals surface area contributed by atoms with Crippen molar-refractivity contribution in [2.75, 3.05) is 31.1 Å². The molecule has 2 amide bonds. The summed E-state index contributed by atoms with van der Waals surface area (Å²) in [7, 11) is 0. The molecule has 0 spiro atoms. The maximum absolute atomic E-state index is 13.4. The lowest BCUT2D eigenvalue weighted by molar-refractivity contribution is -0.118. The number of nitrogens with zero attached hydrogens (tertiary/aromatic N) is 4. The van der Waals surface area contributed by atoms with Gasteiger partial charge in [-0.25, -0.2) is 0 Å². The molecule has 0 unspecified atom stereocenters. The summed E-state index contributed by atoms with van der Waals surface area (Å²) >= 11 is 1.41. The van der Waals surface area contributed by atoms with Gasteiger partial charge in [0.2, 0.25) is 5.91 Å². The fraction of sp³-hybridized carbons (Fsp3) is 0.429. The number of likely N-dealkylation sites (N-methyl/N-ethyl adjacent to an activating group) is 1. The summed E-state index contributed by atoms with van der Waals surface area (Å²) in [5.41, 5.74) is 4.41. The molecule has 0 aliphatic heterocycles. The summed E-state index contributed by atoms with van der Waals surface area (Å²) < 4.78 is 2.04. The second-order valence-corrected chi connectivity index (χ2v) is 10.7. The molecule has 37 heavy (non-hydrogen) atoms. The van der Waals surface area contributed by atoms with Crippen LogP contribution in [0.4, 0.5) is 5.69 Å². The van der Waals surface area contributed by atoms with Crippen molar-refractivity contribution < 1.29 is 14.7 Å². The zero-order valence-electron chi connectivity index (χ0n) is 22.3. The molecule has 198 valence electrons. The molecule has 2 heterocycles. The average molecular weight is 524 g/mol. The molecule has 0 saturated carbocycles. The molecule has 0 saturated heterocycles. The zero-order chi connectivity index (χ0) is 27.0. The van der Waals surface area contributed by atoms with Gasteiger partial charge < -0.3 is 19.9 Å². The highest BCUT2D eigenvalue weighted by Crippen LogP contribution is 2.27. The molecular weight excluding hydrogens is 486 g/mol. The van der Waals surface area contributed by atoms with Crippen LogP contribution >= 0.6 is 11.3 Å². The summed E-state index contributed by atoms with van der Waals surface area (Å²) in [6.45, 7) is 12.2. The first kappa shape index (κ1) is 28.3. The third kappa shape index (κ3) is 7.36. The monoisotopic (exact) mass is 523 g/mol. The maximum Gasteiger partial charge on any atom is 0.283 e. The number of benzene rings is 1. The molecule has 0 atom stereocenters. The first-order valence-corrected chi connectivity index (χ1v) is 13.5. The van der Waals surface area contributed by atoms with Gasteiger partial charge in [0.1, 0.15) is 0 Å². The van der Waals surface area contributed by atoms with E-state index in [1.807, 2.05) is 21.8 Å². The van der Waals surface area contributed by atoms with Crippen molar-refractivity contribution in [2.45, 2.75) is 53.0 Å². The Labute approximate surface area is 222 Å². The van der Waals surface area contributed by atoms with Gasteiger partial charge in [-0.15, -0.1) is 11.3 Å². The first-order chi connectivity index (χ1) is 17.7. The van der Waals surface area contributed by atoms with Gasteiger partial charge in [0.15, 0.2) is 4.80 Å². The zero-order valence-corrected chi connectivity index (χ0v) is 23.1. The van der Waals surface area contributed by atoms with Crippen LogP contribution in [0.15, 0.2) is 53.1 Å². The van der Waals surface area contributed by atoms with E-state index in [1.165, 1.54) is 30.0 Å². The van der Waals surface area contributed by atoms with Crippen LogP contribution in [-0.4, -0.2) is 52.7 Å². The van der Waals surface area contributed by atoms with E-state index in [9.17, 15) is 14.7 Å². The Hall–Kier alpha value is -3.30. The number of pyridine rings is 1. The molecule has 2 N–H and O–H groups in total. The minimum Gasteiger partial charge on any atom is -0.395 e. The Morgan fingerprint density at radius 2 is 1.92 bits per heavy atom. The van der Waals surface area contributed by atoms with E-state index >= 15 is 0 Å². The lowest BCUT2D eigenvalue weighted by atomic mass is 9.86. The third-order valence-corrected chi connectivity index (χ3v) is 6.96. The number of amides is 2. The molecule has 0 aliphatic carbocycles. The topological polar surface area (TPSA) is 99.8 Å². The van der Waals surface area contributed by atoms with E-state index in [1.54, 1.807) is 12.3 Å². The van der Waals surface area contributed by atoms with Crippen LogP contribution in [0, 0.1) is 0 Å². The van der Waals surface area contributed by atoms with Gasteiger partial charge in [-0.05, 0) is 36.0 Å². The van der Waals surface area contributed by atoms with Crippen molar-refractivity contribution in [3.8, 4) is 11.3 Å². The predicted molar refractivity (Wildman–Crippen MR) is 149 cm³/mol. The number of hydrogen-bond donors (Lipinski definition) is 2. The van der Waals surface area contributed by atoms with E-state index in [0.717, 1.165) is 11.3 Å². The summed E-state index contributed by atoms with van der Waals surface area (Å²) in [5, 5.41) is 14.3. The number of aliphatic hydroxyl groups is 1. The summed E-state index contributed by atoms with van der Waals surface area (Å²) in [6.07, 6.45) is 3.87. The van der Waals surface area contributed by atoms with Crippen LogP contribution in [0.1, 0.15) is 57.0 Å². The van der Waals surface area contributed by atoms with Crippen molar-refractivity contribution in [3.63, 3.8) is 0 Å². The lowest BCUT2D eigenvalue weighted by Gasteiger charge is -2.23. The number of nitrogens with one attached hydrogen (secondary N) is 1.